The molecule has 1 aromatic carbocycles. The molecule has 0 saturated carbocycles. The average Bonchev–Trinajstić information content (AvgIpc) is 2.33. The molecule has 0 bridgehead atoms. The standard InChI is InChI=1S/C12H17ClN2S/c1-2-9-8-15(6-7-16-9)11-5-3-4-10(13)12(11)14/h3-5,9H,2,6-8,14H2,1H3. The normalized spacial score (nSPS) is 21.1. The zero-order valence-corrected chi connectivity index (χ0v) is 11.0. The molecule has 2 nitrogen and oxygen atoms in total. The summed E-state index contributed by atoms with van der Waals surface area (Å²) < 4.78 is 0. The SMILES string of the molecule is CCC1CN(c2cccc(Cl)c2N)CCS1. The lowest BCUT2D eigenvalue weighted by Gasteiger charge is -2.34. The lowest BCUT2D eigenvalue weighted by molar-refractivity contribution is 0.729. The number of nitrogen functional groups attached to an aromatic ring is 1. The van der Waals surface area contributed by atoms with Gasteiger partial charge in [0.1, 0.15) is 0 Å². The molecule has 2 rings (SSSR count). The van der Waals surface area contributed by atoms with Gasteiger partial charge in [0.25, 0.3) is 0 Å². The number of anilines is 2. The molecule has 0 spiro atoms. The molecule has 1 unspecified atom stereocenters. The van der Waals surface area contributed by atoms with Crippen molar-refractivity contribution in [3.05, 3.63) is 23.2 Å². The third kappa shape index (κ3) is 2.41. The Balaban J connectivity index is 2.20. The van der Waals surface area contributed by atoms with E-state index in [1.165, 1.54) is 12.2 Å². The van der Waals surface area contributed by atoms with Gasteiger partial charge in [0.05, 0.1) is 16.4 Å². The fraction of sp³-hybridized carbons (Fsp3) is 0.500. The first-order chi connectivity index (χ1) is 7.72. The number of benzene rings is 1. The molecular formula is C12H17ClN2S. The molecule has 1 aliphatic rings. The van der Waals surface area contributed by atoms with E-state index >= 15 is 0 Å². The summed E-state index contributed by atoms with van der Waals surface area (Å²) in [6.45, 7) is 4.37. The fourth-order valence-corrected chi connectivity index (χ4v) is 3.34. The highest BCUT2D eigenvalue weighted by Gasteiger charge is 2.20. The van der Waals surface area contributed by atoms with Gasteiger partial charge in [0.15, 0.2) is 0 Å². The summed E-state index contributed by atoms with van der Waals surface area (Å²) >= 11 is 8.10. The van der Waals surface area contributed by atoms with E-state index < -0.39 is 0 Å². The fourth-order valence-electron chi connectivity index (χ4n) is 1.99. The van der Waals surface area contributed by atoms with Crippen LogP contribution in [0.4, 0.5) is 11.4 Å². The molecule has 4 heteroatoms. The van der Waals surface area contributed by atoms with Gasteiger partial charge in [0.2, 0.25) is 0 Å². The van der Waals surface area contributed by atoms with Gasteiger partial charge in [-0.25, -0.2) is 0 Å². The Kier molecular flexibility index (Phi) is 3.87. The molecule has 0 radical (unpaired) electrons. The summed E-state index contributed by atoms with van der Waals surface area (Å²) in [4.78, 5) is 2.35. The lowest BCUT2D eigenvalue weighted by Crippen LogP contribution is -2.38. The van der Waals surface area contributed by atoms with Crippen LogP contribution in [0.15, 0.2) is 18.2 Å². The topological polar surface area (TPSA) is 29.3 Å². The summed E-state index contributed by atoms with van der Waals surface area (Å²) in [5.41, 5.74) is 7.82. The van der Waals surface area contributed by atoms with Crippen molar-refractivity contribution in [2.24, 2.45) is 0 Å². The van der Waals surface area contributed by atoms with Gasteiger partial charge >= 0.3 is 0 Å². The third-order valence-corrected chi connectivity index (χ3v) is 4.67. The maximum absolute atomic E-state index is 6.05. The van der Waals surface area contributed by atoms with Gasteiger partial charge in [-0.05, 0) is 18.6 Å². The van der Waals surface area contributed by atoms with Crippen LogP contribution in [0.25, 0.3) is 0 Å². The minimum atomic E-state index is 0.656. The summed E-state index contributed by atoms with van der Waals surface area (Å²) in [5.74, 6) is 1.17. The van der Waals surface area contributed by atoms with Crippen molar-refractivity contribution in [2.75, 3.05) is 29.5 Å². The van der Waals surface area contributed by atoms with Crippen LogP contribution in [0.1, 0.15) is 13.3 Å². The summed E-state index contributed by atoms with van der Waals surface area (Å²) in [7, 11) is 0. The molecular weight excluding hydrogens is 240 g/mol. The number of thioether (sulfide) groups is 1. The summed E-state index contributed by atoms with van der Waals surface area (Å²) in [6, 6.07) is 5.87. The highest BCUT2D eigenvalue weighted by atomic mass is 35.5. The second-order valence-corrected chi connectivity index (χ2v) is 5.84. The van der Waals surface area contributed by atoms with Gasteiger partial charge in [-0.1, -0.05) is 24.6 Å². The zero-order chi connectivity index (χ0) is 11.5. The minimum Gasteiger partial charge on any atom is -0.396 e. The average molecular weight is 257 g/mol. The number of nitrogens with zero attached hydrogens (tertiary/aromatic N) is 1. The Morgan fingerprint density at radius 1 is 1.56 bits per heavy atom. The van der Waals surface area contributed by atoms with Crippen molar-refractivity contribution >= 4 is 34.7 Å². The highest BCUT2D eigenvalue weighted by Crippen LogP contribution is 2.33. The molecule has 1 fully saturated rings. The molecule has 0 aromatic heterocycles. The van der Waals surface area contributed by atoms with E-state index in [2.05, 4.69) is 29.7 Å². The second-order valence-electron chi connectivity index (χ2n) is 4.02. The minimum absolute atomic E-state index is 0.656. The number of para-hydroxylation sites is 1. The predicted molar refractivity (Wildman–Crippen MR) is 74.6 cm³/mol. The molecule has 1 aliphatic heterocycles. The largest absolute Gasteiger partial charge is 0.396 e. The van der Waals surface area contributed by atoms with Crippen molar-refractivity contribution < 1.29 is 0 Å². The molecule has 1 aromatic rings. The van der Waals surface area contributed by atoms with Crippen LogP contribution < -0.4 is 10.6 Å². The highest BCUT2D eigenvalue weighted by molar-refractivity contribution is 8.00. The number of hydrogen-bond donors (Lipinski definition) is 1. The quantitative estimate of drug-likeness (QED) is 0.824. The molecule has 1 saturated heterocycles. The van der Waals surface area contributed by atoms with E-state index in [9.17, 15) is 0 Å². The molecule has 0 amide bonds. The maximum atomic E-state index is 6.05. The van der Waals surface area contributed by atoms with Crippen LogP contribution in [-0.4, -0.2) is 24.1 Å². The van der Waals surface area contributed by atoms with Gasteiger partial charge in [-0.2, -0.15) is 11.8 Å². The Hall–Kier alpha value is -0.540. The molecule has 16 heavy (non-hydrogen) atoms. The van der Waals surface area contributed by atoms with E-state index in [1.54, 1.807) is 0 Å². The van der Waals surface area contributed by atoms with E-state index in [0.29, 0.717) is 16.0 Å². The number of hydrogen-bond acceptors (Lipinski definition) is 3. The van der Waals surface area contributed by atoms with Crippen LogP contribution in [0.2, 0.25) is 5.02 Å². The number of rotatable bonds is 2. The summed E-state index contributed by atoms with van der Waals surface area (Å²) in [5, 5.41) is 1.37. The van der Waals surface area contributed by atoms with Gasteiger partial charge in [0, 0.05) is 24.1 Å². The first-order valence-electron chi connectivity index (χ1n) is 5.63. The zero-order valence-electron chi connectivity index (χ0n) is 9.45. The maximum Gasteiger partial charge on any atom is 0.0741 e. The van der Waals surface area contributed by atoms with Crippen molar-refractivity contribution in [1.29, 1.82) is 0 Å². The van der Waals surface area contributed by atoms with Gasteiger partial charge < -0.3 is 10.6 Å². The number of halogens is 1. The van der Waals surface area contributed by atoms with E-state index in [1.807, 2.05) is 12.1 Å². The molecule has 2 N–H and O–H groups in total. The Labute approximate surface area is 106 Å². The molecule has 88 valence electrons. The van der Waals surface area contributed by atoms with Crippen molar-refractivity contribution in [2.45, 2.75) is 18.6 Å². The van der Waals surface area contributed by atoms with E-state index in [0.717, 1.165) is 18.8 Å². The van der Waals surface area contributed by atoms with Crippen LogP contribution in [0.3, 0.4) is 0 Å². The van der Waals surface area contributed by atoms with Gasteiger partial charge in [-0.3, -0.25) is 0 Å². The Morgan fingerprint density at radius 2 is 2.38 bits per heavy atom. The van der Waals surface area contributed by atoms with Crippen LogP contribution >= 0.6 is 23.4 Å². The summed E-state index contributed by atoms with van der Waals surface area (Å²) in [6.07, 6.45) is 1.21. The molecule has 1 atom stereocenters. The Bertz CT molecular complexity index is 370. The Morgan fingerprint density at radius 3 is 3.12 bits per heavy atom. The van der Waals surface area contributed by atoms with E-state index in [-0.39, 0.29) is 0 Å². The van der Waals surface area contributed by atoms with Gasteiger partial charge in [-0.15, -0.1) is 0 Å². The monoisotopic (exact) mass is 256 g/mol. The van der Waals surface area contributed by atoms with E-state index in [4.69, 9.17) is 17.3 Å². The first-order valence-corrected chi connectivity index (χ1v) is 7.05. The van der Waals surface area contributed by atoms with Crippen molar-refractivity contribution in [3.8, 4) is 0 Å². The smallest absolute Gasteiger partial charge is 0.0741 e. The third-order valence-electron chi connectivity index (χ3n) is 2.96. The predicted octanol–water partition coefficient (Wildman–Crippen LogP) is 3.25. The van der Waals surface area contributed by atoms with Crippen molar-refractivity contribution in [3.63, 3.8) is 0 Å². The van der Waals surface area contributed by atoms with Crippen LogP contribution in [0, 0.1) is 0 Å². The molecule has 1 heterocycles. The molecule has 0 aliphatic carbocycles. The lowest BCUT2D eigenvalue weighted by atomic mass is 10.2. The first kappa shape index (κ1) is 11.9. The van der Waals surface area contributed by atoms with Crippen molar-refractivity contribution in [1.82, 2.24) is 0 Å². The number of nitrogens with two attached hydrogens (primary N) is 1. The van der Waals surface area contributed by atoms with Crippen LogP contribution in [0.5, 0.6) is 0 Å². The second kappa shape index (κ2) is 5.19. The van der Waals surface area contributed by atoms with Crippen LogP contribution in [-0.2, 0) is 0 Å².